The van der Waals surface area contributed by atoms with Gasteiger partial charge in [-0.1, -0.05) is 0 Å². The fourth-order valence-corrected chi connectivity index (χ4v) is 2.72. The fraction of sp³-hybridized carbons (Fsp3) is 0.308. The van der Waals surface area contributed by atoms with Crippen LogP contribution >= 0.6 is 11.3 Å². The number of hydrazine groups is 1. The molecule has 0 amide bonds. The number of pyridine rings is 1. The number of rotatable bonds is 6. The van der Waals surface area contributed by atoms with E-state index in [1.54, 1.807) is 30.8 Å². The van der Waals surface area contributed by atoms with Crippen molar-refractivity contribution in [2.45, 2.75) is 13.0 Å². The highest BCUT2D eigenvalue weighted by Crippen LogP contribution is 2.31. The molecule has 2 aromatic heterocycles. The average Bonchev–Trinajstić information content (AvgIpc) is 2.89. The van der Waals surface area contributed by atoms with Gasteiger partial charge >= 0.3 is 0 Å². The van der Waals surface area contributed by atoms with Gasteiger partial charge in [0.2, 0.25) is 0 Å². The Hall–Kier alpha value is -1.63. The first kappa shape index (κ1) is 13.8. The molecule has 0 radical (unpaired) electrons. The van der Waals surface area contributed by atoms with Gasteiger partial charge in [-0.2, -0.15) is 0 Å². The van der Waals surface area contributed by atoms with E-state index in [1.165, 1.54) is 0 Å². The zero-order chi connectivity index (χ0) is 13.7. The number of hydrogen-bond acceptors (Lipinski definition) is 6. The Morgan fingerprint density at radius 2 is 2.21 bits per heavy atom. The summed E-state index contributed by atoms with van der Waals surface area (Å²) in [5, 5.41) is 1.94. The molecule has 102 valence electrons. The Kier molecular flexibility index (Phi) is 4.73. The molecule has 0 fully saturated rings. The molecule has 5 nitrogen and oxygen atoms in total. The van der Waals surface area contributed by atoms with Gasteiger partial charge in [0.25, 0.3) is 0 Å². The Balaban J connectivity index is 2.28. The first-order valence-electron chi connectivity index (χ1n) is 5.94. The van der Waals surface area contributed by atoms with Crippen LogP contribution in [0.5, 0.6) is 11.5 Å². The number of nitrogens with one attached hydrogen (secondary N) is 1. The van der Waals surface area contributed by atoms with Crippen molar-refractivity contribution in [2.75, 3.05) is 13.7 Å². The van der Waals surface area contributed by atoms with Crippen molar-refractivity contribution in [2.24, 2.45) is 5.84 Å². The van der Waals surface area contributed by atoms with Crippen LogP contribution in [0.15, 0.2) is 29.9 Å². The van der Waals surface area contributed by atoms with Gasteiger partial charge in [0.15, 0.2) is 0 Å². The van der Waals surface area contributed by atoms with Crippen molar-refractivity contribution < 1.29 is 9.47 Å². The minimum Gasteiger partial charge on any atom is -0.496 e. The lowest BCUT2D eigenvalue weighted by atomic mass is 10.1. The molecule has 6 heteroatoms. The highest BCUT2D eigenvalue weighted by molar-refractivity contribution is 7.10. The molecule has 2 rings (SSSR count). The number of hydrogen-bond donors (Lipinski definition) is 2. The van der Waals surface area contributed by atoms with Crippen LogP contribution in [-0.4, -0.2) is 18.7 Å². The zero-order valence-electron chi connectivity index (χ0n) is 10.9. The Morgan fingerprint density at radius 3 is 2.84 bits per heavy atom. The first-order chi connectivity index (χ1) is 9.28. The summed E-state index contributed by atoms with van der Waals surface area (Å²) in [7, 11) is 1.65. The maximum Gasteiger partial charge on any atom is 0.137 e. The van der Waals surface area contributed by atoms with Crippen LogP contribution in [0.2, 0.25) is 0 Å². The van der Waals surface area contributed by atoms with Crippen LogP contribution in [0, 0.1) is 0 Å². The highest BCUT2D eigenvalue weighted by atomic mass is 32.1. The third-order valence-corrected chi connectivity index (χ3v) is 3.64. The molecule has 0 saturated heterocycles. The topological polar surface area (TPSA) is 69.4 Å². The largest absolute Gasteiger partial charge is 0.496 e. The summed E-state index contributed by atoms with van der Waals surface area (Å²) in [5.41, 5.74) is 3.76. The summed E-state index contributed by atoms with van der Waals surface area (Å²) in [4.78, 5) is 5.24. The number of methoxy groups -OCH3 is 1. The second kappa shape index (κ2) is 6.51. The quantitative estimate of drug-likeness (QED) is 0.626. The number of thiophene rings is 1. The molecule has 3 N–H and O–H groups in total. The monoisotopic (exact) mass is 279 g/mol. The molecule has 0 bridgehead atoms. The normalized spacial score (nSPS) is 12.2. The van der Waals surface area contributed by atoms with Crippen LogP contribution in [-0.2, 0) is 0 Å². The molecular weight excluding hydrogens is 262 g/mol. The molecule has 1 atom stereocenters. The van der Waals surface area contributed by atoms with E-state index in [4.69, 9.17) is 15.3 Å². The molecular formula is C13H17N3O2S. The molecule has 0 aliphatic carbocycles. The Morgan fingerprint density at radius 1 is 1.37 bits per heavy atom. The van der Waals surface area contributed by atoms with Gasteiger partial charge in [-0.25, -0.2) is 5.43 Å². The van der Waals surface area contributed by atoms with Crippen molar-refractivity contribution in [3.63, 3.8) is 0 Å². The van der Waals surface area contributed by atoms with Crippen LogP contribution < -0.4 is 20.7 Å². The standard InChI is InChI=1S/C13H17N3O2S/c1-3-18-10-4-9(6-15-7-10)13(16-14)12-5-11(17-2)8-19-12/h4-8,13,16H,3,14H2,1-2H3. The molecule has 2 heterocycles. The summed E-state index contributed by atoms with van der Waals surface area (Å²) in [5.74, 6) is 7.23. The van der Waals surface area contributed by atoms with Gasteiger partial charge in [-0.3, -0.25) is 10.8 Å². The summed E-state index contributed by atoms with van der Waals surface area (Å²) in [6.45, 7) is 2.55. The van der Waals surface area contributed by atoms with Crippen LogP contribution in [0.25, 0.3) is 0 Å². The lowest BCUT2D eigenvalue weighted by Gasteiger charge is -2.15. The van der Waals surface area contributed by atoms with E-state index >= 15 is 0 Å². The van der Waals surface area contributed by atoms with E-state index in [-0.39, 0.29) is 6.04 Å². The smallest absolute Gasteiger partial charge is 0.137 e. The van der Waals surface area contributed by atoms with Crippen molar-refractivity contribution in [1.82, 2.24) is 10.4 Å². The lowest BCUT2D eigenvalue weighted by Crippen LogP contribution is -2.28. The van der Waals surface area contributed by atoms with E-state index in [1.807, 2.05) is 24.4 Å². The summed E-state index contributed by atoms with van der Waals surface area (Å²) >= 11 is 1.58. The van der Waals surface area contributed by atoms with Gasteiger partial charge in [0.1, 0.15) is 11.5 Å². The van der Waals surface area contributed by atoms with Crippen LogP contribution in [0.1, 0.15) is 23.4 Å². The zero-order valence-corrected chi connectivity index (χ0v) is 11.7. The van der Waals surface area contributed by atoms with Crippen LogP contribution in [0.4, 0.5) is 0 Å². The number of nitrogens with two attached hydrogens (primary N) is 1. The minimum absolute atomic E-state index is 0.123. The molecule has 19 heavy (non-hydrogen) atoms. The van der Waals surface area contributed by atoms with E-state index in [0.29, 0.717) is 6.61 Å². The molecule has 0 aliphatic heterocycles. The summed E-state index contributed by atoms with van der Waals surface area (Å²) < 4.78 is 10.6. The Labute approximate surface area is 116 Å². The van der Waals surface area contributed by atoms with E-state index in [0.717, 1.165) is 21.9 Å². The average molecular weight is 279 g/mol. The van der Waals surface area contributed by atoms with Gasteiger partial charge in [0, 0.05) is 16.5 Å². The predicted molar refractivity (Wildman–Crippen MR) is 75.4 cm³/mol. The maximum atomic E-state index is 5.66. The minimum atomic E-state index is -0.123. The molecule has 0 aliphatic rings. The second-order valence-corrected chi connectivity index (χ2v) is 4.82. The second-order valence-electron chi connectivity index (χ2n) is 3.88. The SMILES string of the molecule is CCOc1cncc(C(NN)c2cc(OC)cs2)c1. The third-order valence-electron chi connectivity index (χ3n) is 2.66. The first-order valence-corrected chi connectivity index (χ1v) is 6.82. The van der Waals surface area contributed by atoms with Crippen molar-refractivity contribution in [1.29, 1.82) is 0 Å². The third kappa shape index (κ3) is 3.23. The number of ether oxygens (including phenoxy) is 2. The maximum absolute atomic E-state index is 5.66. The molecule has 1 unspecified atom stereocenters. The van der Waals surface area contributed by atoms with Gasteiger partial charge < -0.3 is 9.47 Å². The van der Waals surface area contributed by atoms with E-state index in [9.17, 15) is 0 Å². The van der Waals surface area contributed by atoms with Gasteiger partial charge in [-0.05, 0) is 24.6 Å². The van der Waals surface area contributed by atoms with Crippen LogP contribution in [0.3, 0.4) is 0 Å². The highest BCUT2D eigenvalue weighted by Gasteiger charge is 2.16. The predicted octanol–water partition coefficient (Wildman–Crippen LogP) is 2.10. The summed E-state index contributed by atoms with van der Waals surface area (Å²) in [6.07, 6.45) is 3.47. The van der Waals surface area contributed by atoms with Crippen molar-refractivity contribution in [3.05, 3.63) is 40.3 Å². The summed E-state index contributed by atoms with van der Waals surface area (Å²) in [6, 6.07) is 3.78. The molecule has 0 saturated carbocycles. The Bertz CT molecular complexity index is 530. The fourth-order valence-electron chi connectivity index (χ4n) is 1.77. The van der Waals surface area contributed by atoms with Gasteiger partial charge in [0.05, 0.1) is 26.0 Å². The van der Waals surface area contributed by atoms with E-state index in [2.05, 4.69) is 10.4 Å². The number of aromatic nitrogens is 1. The van der Waals surface area contributed by atoms with Gasteiger partial charge in [-0.15, -0.1) is 11.3 Å². The van der Waals surface area contributed by atoms with Crippen molar-refractivity contribution in [3.8, 4) is 11.5 Å². The van der Waals surface area contributed by atoms with Crippen molar-refractivity contribution >= 4 is 11.3 Å². The van der Waals surface area contributed by atoms with E-state index < -0.39 is 0 Å². The lowest BCUT2D eigenvalue weighted by molar-refractivity contribution is 0.338. The molecule has 2 aromatic rings. The number of nitrogens with zero attached hydrogens (tertiary/aromatic N) is 1. The molecule has 0 spiro atoms. The molecule has 0 aromatic carbocycles.